The average Bonchev–Trinajstić information content (AvgIpc) is 3.15. The van der Waals surface area contributed by atoms with Crippen molar-refractivity contribution < 1.29 is 4.79 Å². The van der Waals surface area contributed by atoms with Crippen LogP contribution in [0.3, 0.4) is 0 Å². The Kier molecular flexibility index (Phi) is 5.62. The van der Waals surface area contributed by atoms with Crippen molar-refractivity contribution in [2.75, 3.05) is 45.2 Å². The number of urea groups is 1. The maximum absolute atomic E-state index is 12.5. The van der Waals surface area contributed by atoms with Crippen molar-refractivity contribution in [3.05, 3.63) is 54.0 Å². The number of piperazine rings is 1. The maximum atomic E-state index is 12.5. The van der Waals surface area contributed by atoms with Gasteiger partial charge in [-0.1, -0.05) is 6.07 Å². The van der Waals surface area contributed by atoms with Gasteiger partial charge in [0.1, 0.15) is 5.82 Å². The number of H-pyrrole nitrogens is 1. The normalized spacial score (nSPS) is 14.6. The highest BCUT2D eigenvalue weighted by atomic mass is 16.2. The first-order valence-electron chi connectivity index (χ1n) is 9.88. The molecule has 0 saturated carbocycles. The van der Waals surface area contributed by atoms with Crippen LogP contribution >= 0.6 is 0 Å². The molecule has 0 atom stereocenters. The molecule has 4 heterocycles. The highest BCUT2D eigenvalue weighted by molar-refractivity contribution is 5.77. The van der Waals surface area contributed by atoms with Crippen LogP contribution in [0.5, 0.6) is 0 Å². The predicted molar refractivity (Wildman–Crippen MR) is 114 cm³/mol. The van der Waals surface area contributed by atoms with Gasteiger partial charge in [-0.15, -0.1) is 0 Å². The number of hydrogen-bond donors (Lipinski definition) is 2. The molecule has 8 heteroatoms. The molecule has 0 spiro atoms. The van der Waals surface area contributed by atoms with E-state index in [4.69, 9.17) is 0 Å². The lowest BCUT2D eigenvalue weighted by atomic mass is 10.2. The number of hydrogen-bond acceptors (Lipinski definition) is 5. The number of nitrogens with zero attached hydrogens (tertiary/aromatic N) is 5. The minimum absolute atomic E-state index is 0.0365. The lowest BCUT2D eigenvalue weighted by molar-refractivity contribution is 0.193. The molecule has 0 aliphatic carbocycles. The molecule has 29 heavy (non-hydrogen) atoms. The quantitative estimate of drug-likeness (QED) is 0.694. The molecule has 1 fully saturated rings. The number of fused-ring (bicyclic) bond motifs is 1. The molecule has 4 rings (SSSR count). The van der Waals surface area contributed by atoms with Gasteiger partial charge in [0.25, 0.3) is 0 Å². The number of amides is 2. The van der Waals surface area contributed by atoms with Gasteiger partial charge in [-0.05, 0) is 43.9 Å². The number of aromatic nitrogens is 3. The smallest absolute Gasteiger partial charge is 0.317 e. The van der Waals surface area contributed by atoms with Gasteiger partial charge in [-0.25, -0.2) is 9.78 Å². The van der Waals surface area contributed by atoms with E-state index in [1.54, 1.807) is 6.20 Å². The van der Waals surface area contributed by atoms with E-state index in [2.05, 4.69) is 42.2 Å². The van der Waals surface area contributed by atoms with Crippen molar-refractivity contribution in [3.63, 3.8) is 0 Å². The Hall–Kier alpha value is -3.13. The number of aromatic amines is 1. The van der Waals surface area contributed by atoms with Gasteiger partial charge in [0.15, 0.2) is 0 Å². The van der Waals surface area contributed by atoms with E-state index in [1.807, 2.05) is 43.4 Å². The van der Waals surface area contributed by atoms with Crippen LogP contribution in [0.25, 0.3) is 11.0 Å². The van der Waals surface area contributed by atoms with Gasteiger partial charge >= 0.3 is 6.03 Å². The van der Waals surface area contributed by atoms with Crippen molar-refractivity contribution in [2.45, 2.75) is 13.1 Å². The molecule has 0 aromatic carbocycles. The van der Waals surface area contributed by atoms with Crippen molar-refractivity contribution in [2.24, 2.45) is 0 Å². The Labute approximate surface area is 170 Å². The first-order chi connectivity index (χ1) is 14.1. The molecular formula is C21H27N7O. The van der Waals surface area contributed by atoms with Crippen LogP contribution in [0.2, 0.25) is 0 Å². The summed E-state index contributed by atoms with van der Waals surface area (Å²) in [5.74, 6) is 0.970. The molecule has 1 saturated heterocycles. The fourth-order valence-corrected chi connectivity index (χ4v) is 3.59. The summed E-state index contributed by atoms with van der Waals surface area (Å²) < 4.78 is 0. The van der Waals surface area contributed by atoms with Crippen LogP contribution in [-0.4, -0.2) is 71.1 Å². The molecular weight excluding hydrogens is 366 g/mol. The van der Waals surface area contributed by atoms with E-state index >= 15 is 0 Å². The molecule has 3 aromatic rings. The Morgan fingerprint density at radius 2 is 2.00 bits per heavy atom. The molecule has 2 N–H and O–H groups in total. The summed E-state index contributed by atoms with van der Waals surface area (Å²) in [4.78, 5) is 30.9. The van der Waals surface area contributed by atoms with Crippen LogP contribution in [0.1, 0.15) is 11.3 Å². The van der Waals surface area contributed by atoms with Crippen molar-refractivity contribution in [1.29, 1.82) is 0 Å². The standard InChI is InChI=1S/C21H27N7O/c1-26(2)15-16-5-6-20(23-13-16)27-8-10-28(11-9-27)21(29)24-14-17-12-19-18(25-17)4-3-7-22-19/h3-7,12-13,25H,8-11,14-15H2,1-2H3,(H,24,29). The highest BCUT2D eigenvalue weighted by Gasteiger charge is 2.21. The SMILES string of the molecule is CN(C)Cc1ccc(N2CCN(C(=O)NCc3cc4ncccc4[nH]3)CC2)nc1. The Balaban J connectivity index is 1.27. The molecule has 152 valence electrons. The third kappa shape index (κ3) is 4.65. The van der Waals surface area contributed by atoms with Crippen molar-refractivity contribution >= 4 is 22.9 Å². The molecule has 0 radical (unpaired) electrons. The summed E-state index contributed by atoms with van der Waals surface area (Å²) in [6.07, 6.45) is 3.70. The summed E-state index contributed by atoms with van der Waals surface area (Å²) in [7, 11) is 4.10. The monoisotopic (exact) mass is 393 g/mol. The summed E-state index contributed by atoms with van der Waals surface area (Å²) in [6.45, 7) is 4.27. The number of pyridine rings is 2. The summed E-state index contributed by atoms with van der Waals surface area (Å²) >= 11 is 0. The first kappa shape index (κ1) is 19.2. The van der Waals surface area contributed by atoms with Crippen LogP contribution in [0.4, 0.5) is 10.6 Å². The molecule has 1 aliphatic heterocycles. The first-order valence-corrected chi connectivity index (χ1v) is 9.88. The lowest BCUT2D eigenvalue weighted by Gasteiger charge is -2.35. The van der Waals surface area contributed by atoms with Gasteiger partial charge in [0, 0.05) is 50.8 Å². The third-order valence-electron chi connectivity index (χ3n) is 5.07. The zero-order valence-corrected chi connectivity index (χ0v) is 16.9. The Morgan fingerprint density at radius 1 is 1.17 bits per heavy atom. The molecule has 0 unspecified atom stereocenters. The van der Waals surface area contributed by atoms with Gasteiger partial charge in [-0.3, -0.25) is 4.98 Å². The van der Waals surface area contributed by atoms with Gasteiger partial charge in [0.2, 0.25) is 0 Å². The number of carbonyl (C=O) groups excluding carboxylic acids is 1. The minimum atomic E-state index is -0.0365. The van der Waals surface area contributed by atoms with E-state index < -0.39 is 0 Å². The van der Waals surface area contributed by atoms with E-state index in [0.717, 1.165) is 42.2 Å². The number of anilines is 1. The molecule has 3 aromatic heterocycles. The van der Waals surface area contributed by atoms with E-state index in [9.17, 15) is 4.79 Å². The predicted octanol–water partition coefficient (Wildman–Crippen LogP) is 2.05. The highest BCUT2D eigenvalue weighted by Crippen LogP contribution is 2.15. The fourth-order valence-electron chi connectivity index (χ4n) is 3.59. The van der Waals surface area contributed by atoms with Crippen LogP contribution in [-0.2, 0) is 13.1 Å². The zero-order valence-electron chi connectivity index (χ0n) is 16.9. The zero-order chi connectivity index (χ0) is 20.2. The second-order valence-corrected chi connectivity index (χ2v) is 7.63. The van der Waals surface area contributed by atoms with Gasteiger partial charge in [0.05, 0.1) is 17.6 Å². The minimum Gasteiger partial charge on any atom is -0.356 e. The topological polar surface area (TPSA) is 80.4 Å². The third-order valence-corrected chi connectivity index (χ3v) is 5.07. The fraction of sp³-hybridized carbons (Fsp3) is 0.381. The molecule has 2 amide bonds. The largest absolute Gasteiger partial charge is 0.356 e. The van der Waals surface area contributed by atoms with Crippen LogP contribution in [0.15, 0.2) is 42.7 Å². The average molecular weight is 393 g/mol. The van der Waals surface area contributed by atoms with Gasteiger partial charge in [-0.2, -0.15) is 0 Å². The summed E-state index contributed by atoms with van der Waals surface area (Å²) in [5.41, 5.74) is 4.04. The van der Waals surface area contributed by atoms with Crippen LogP contribution in [0, 0.1) is 0 Å². The van der Waals surface area contributed by atoms with Crippen molar-refractivity contribution in [1.82, 2.24) is 30.1 Å². The summed E-state index contributed by atoms with van der Waals surface area (Å²) in [5, 5.41) is 3.00. The number of carbonyl (C=O) groups is 1. The summed E-state index contributed by atoms with van der Waals surface area (Å²) in [6, 6.07) is 10.00. The Bertz CT molecular complexity index is 926. The lowest BCUT2D eigenvalue weighted by Crippen LogP contribution is -2.51. The Morgan fingerprint density at radius 3 is 2.69 bits per heavy atom. The van der Waals surface area contributed by atoms with E-state index in [1.165, 1.54) is 5.56 Å². The molecule has 0 bridgehead atoms. The van der Waals surface area contributed by atoms with Gasteiger partial charge < -0.3 is 25.0 Å². The second kappa shape index (κ2) is 8.48. The number of nitrogens with one attached hydrogen (secondary N) is 2. The van der Waals surface area contributed by atoms with E-state index in [0.29, 0.717) is 19.6 Å². The van der Waals surface area contributed by atoms with Crippen LogP contribution < -0.4 is 10.2 Å². The molecule has 8 nitrogen and oxygen atoms in total. The van der Waals surface area contributed by atoms with Crippen molar-refractivity contribution in [3.8, 4) is 0 Å². The molecule has 1 aliphatic rings. The second-order valence-electron chi connectivity index (χ2n) is 7.63. The number of rotatable bonds is 5. The van der Waals surface area contributed by atoms with E-state index in [-0.39, 0.29) is 6.03 Å². The maximum Gasteiger partial charge on any atom is 0.317 e.